The van der Waals surface area contributed by atoms with E-state index in [4.69, 9.17) is 32.3 Å². The van der Waals surface area contributed by atoms with Crippen LogP contribution in [0, 0.1) is 0 Å². The van der Waals surface area contributed by atoms with Gasteiger partial charge in [-0.15, -0.1) is 0 Å². The van der Waals surface area contributed by atoms with E-state index in [0.717, 1.165) is 154 Å². The van der Waals surface area contributed by atoms with Crippen LogP contribution in [0.4, 0.5) is 0 Å². The molecule has 0 heterocycles. The lowest BCUT2D eigenvalue weighted by molar-refractivity contribution is -0.161. The number of ether oxygens (including phenoxy) is 3. The minimum atomic E-state index is -4.94. The van der Waals surface area contributed by atoms with Crippen molar-refractivity contribution < 1.29 is 75.8 Å². The Bertz CT molecular complexity index is 2260. The van der Waals surface area contributed by atoms with Crippen LogP contribution in [0.2, 0.25) is 0 Å². The van der Waals surface area contributed by atoms with Gasteiger partial charge in [-0.05, 0) is 135 Å². The number of hydrogen-bond donors (Lipinski definition) is 4. The summed E-state index contributed by atoms with van der Waals surface area (Å²) < 4.78 is 61.0. The summed E-state index contributed by atoms with van der Waals surface area (Å²) in [5.74, 6) is -1.63. The first-order valence-electron chi connectivity index (χ1n) is 36.5. The third kappa shape index (κ3) is 70.8. The Morgan fingerprint density at radius 2 is 0.558 bits per heavy atom. The van der Waals surface area contributed by atoms with Gasteiger partial charge in [0.05, 0.1) is 26.4 Å². The zero-order valence-corrected chi connectivity index (χ0v) is 60.8. The van der Waals surface area contributed by atoms with Crippen molar-refractivity contribution in [1.82, 2.24) is 0 Å². The summed E-state index contributed by atoms with van der Waals surface area (Å²) >= 11 is 0. The summed E-state index contributed by atoms with van der Waals surface area (Å²) in [6.07, 6.45) is 82.1. The Morgan fingerprint density at radius 1 is 0.305 bits per heavy atom. The summed E-state index contributed by atoms with van der Waals surface area (Å²) in [5, 5.41) is 20.6. The minimum Gasteiger partial charge on any atom is -0.463 e. The smallest absolute Gasteiger partial charge is 0.463 e. The number of esters is 3. The van der Waals surface area contributed by atoms with E-state index in [1.807, 2.05) is 0 Å². The van der Waals surface area contributed by atoms with E-state index in [9.17, 15) is 43.5 Å². The van der Waals surface area contributed by atoms with Crippen LogP contribution in [0.1, 0.15) is 278 Å². The lowest BCUT2D eigenvalue weighted by Gasteiger charge is -2.21. The number of phosphoric ester groups is 2. The van der Waals surface area contributed by atoms with E-state index in [2.05, 4.69) is 154 Å². The molecule has 95 heavy (non-hydrogen) atoms. The van der Waals surface area contributed by atoms with Gasteiger partial charge >= 0.3 is 33.6 Å². The summed E-state index contributed by atoms with van der Waals surface area (Å²) in [5.41, 5.74) is 0. The van der Waals surface area contributed by atoms with Crippen molar-refractivity contribution in [2.45, 2.75) is 296 Å². The van der Waals surface area contributed by atoms with Crippen molar-refractivity contribution in [3.05, 3.63) is 134 Å². The molecule has 0 amide bonds. The predicted octanol–water partition coefficient (Wildman–Crippen LogP) is 20.8. The molecule has 0 aromatic carbocycles. The quantitative estimate of drug-likeness (QED) is 0.0146. The van der Waals surface area contributed by atoms with E-state index in [0.29, 0.717) is 19.3 Å². The Hall–Kier alpha value is -4.31. The number of aliphatic hydroxyl groups excluding tert-OH is 2. The van der Waals surface area contributed by atoms with Gasteiger partial charge < -0.3 is 34.2 Å². The van der Waals surface area contributed by atoms with Crippen molar-refractivity contribution >= 4 is 33.6 Å². The Balaban J connectivity index is 4.64. The van der Waals surface area contributed by atoms with Gasteiger partial charge in [-0.1, -0.05) is 257 Å². The highest BCUT2D eigenvalue weighted by Crippen LogP contribution is 2.45. The maximum atomic E-state index is 12.9. The summed E-state index contributed by atoms with van der Waals surface area (Å²) in [4.78, 5) is 58.5. The molecule has 0 radical (unpaired) electrons. The van der Waals surface area contributed by atoms with Gasteiger partial charge in [0.15, 0.2) is 6.10 Å². The largest absolute Gasteiger partial charge is 0.472 e. The Labute approximate surface area is 575 Å². The van der Waals surface area contributed by atoms with Crippen LogP contribution in [0.3, 0.4) is 0 Å². The van der Waals surface area contributed by atoms with Crippen LogP contribution in [0.15, 0.2) is 134 Å². The summed E-state index contributed by atoms with van der Waals surface area (Å²) in [7, 11) is -9.80. The molecule has 4 N–H and O–H groups in total. The highest BCUT2D eigenvalue weighted by atomic mass is 31.2. The first-order valence-corrected chi connectivity index (χ1v) is 39.5. The molecule has 16 nitrogen and oxygen atoms in total. The molecule has 5 unspecified atom stereocenters. The van der Waals surface area contributed by atoms with E-state index < -0.39 is 91.5 Å². The predicted molar refractivity (Wildman–Crippen MR) is 390 cm³/mol. The standard InChI is InChI=1S/C77H130O16P2/c1-4-7-10-13-16-19-22-25-28-30-32-33-34-35-36-37-39-41-43-45-48-51-54-57-60-63-75(80)87-66-72(78)67-89-94(83,84)90-68-73(79)69-91-95(85,86)92-71-74(93-77(82)65-62-59-56-53-50-47-42-27-24-21-18-15-12-9-6-3)70-88-76(81)64-61-58-55-52-49-46-44-40-38-31-29-26-23-20-17-14-11-8-5-2/h7-8,10-11,16-17,19-20,25-29,32-33,35-36,38,40,42,46,49,72-74,78-79H,4-6,9,12-15,18,21-24,30-31,34,37,39,41,43-45,47-48,50-71H2,1-3H3,(H,83,84)(H,85,86)/b10-7-,11-8-,19-16-,20-17-,28-25-,29-26-,33-32-,36-35-,40-38-,42-27-,49-46-. The zero-order chi connectivity index (χ0) is 69.5. The zero-order valence-electron chi connectivity index (χ0n) is 59.0. The van der Waals surface area contributed by atoms with Gasteiger partial charge in [0.1, 0.15) is 25.4 Å². The van der Waals surface area contributed by atoms with Gasteiger partial charge in [0.2, 0.25) is 0 Å². The molecule has 0 aromatic rings. The van der Waals surface area contributed by atoms with E-state index in [1.54, 1.807) is 0 Å². The average molecular weight is 1370 g/mol. The topological polar surface area (TPSA) is 231 Å². The van der Waals surface area contributed by atoms with Crippen molar-refractivity contribution in [3.63, 3.8) is 0 Å². The Kier molecular flexibility index (Phi) is 66.4. The van der Waals surface area contributed by atoms with Crippen molar-refractivity contribution in [2.75, 3.05) is 39.6 Å². The molecule has 18 heteroatoms. The molecular weight excluding hydrogens is 1240 g/mol. The molecule has 0 fully saturated rings. The third-order valence-electron chi connectivity index (χ3n) is 14.8. The normalized spacial score (nSPS) is 14.9. The molecule has 0 aliphatic heterocycles. The second-order valence-corrected chi connectivity index (χ2v) is 26.9. The number of aliphatic hydroxyl groups is 2. The fourth-order valence-electron chi connectivity index (χ4n) is 9.32. The number of rotatable bonds is 68. The van der Waals surface area contributed by atoms with E-state index in [1.165, 1.54) is 64.2 Å². The molecule has 0 aliphatic carbocycles. The fourth-order valence-corrected chi connectivity index (χ4v) is 10.9. The lowest BCUT2D eigenvalue weighted by Crippen LogP contribution is -2.30. The molecule has 544 valence electrons. The maximum Gasteiger partial charge on any atom is 0.472 e. The molecule has 0 bridgehead atoms. The van der Waals surface area contributed by atoms with Crippen molar-refractivity contribution in [2.24, 2.45) is 0 Å². The van der Waals surface area contributed by atoms with E-state index >= 15 is 0 Å². The molecule has 0 rings (SSSR count). The first-order chi connectivity index (χ1) is 46.2. The van der Waals surface area contributed by atoms with Gasteiger partial charge in [0.25, 0.3) is 0 Å². The number of phosphoric acid groups is 2. The summed E-state index contributed by atoms with van der Waals surface area (Å²) in [6, 6.07) is 0. The number of allylic oxidation sites excluding steroid dienone is 22. The van der Waals surface area contributed by atoms with Crippen molar-refractivity contribution in [3.8, 4) is 0 Å². The van der Waals surface area contributed by atoms with Gasteiger partial charge in [-0.25, -0.2) is 9.13 Å². The van der Waals surface area contributed by atoms with Gasteiger partial charge in [0, 0.05) is 19.3 Å². The van der Waals surface area contributed by atoms with Gasteiger partial charge in [-0.3, -0.25) is 32.5 Å². The van der Waals surface area contributed by atoms with E-state index in [-0.39, 0.29) is 19.3 Å². The monoisotopic (exact) mass is 1370 g/mol. The first kappa shape index (κ1) is 90.7. The van der Waals surface area contributed by atoms with Crippen LogP contribution in [-0.4, -0.2) is 95.9 Å². The third-order valence-corrected chi connectivity index (χ3v) is 16.7. The van der Waals surface area contributed by atoms with Crippen LogP contribution >= 0.6 is 15.6 Å². The summed E-state index contributed by atoms with van der Waals surface area (Å²) in [6.45, 7) is 2.38. The number of unbranched alkanes of at least 4 members (excludes halogenated alkanes) is 23. The number of hydrogen-bond acceptors (Lipinski definition) is 14. The van der Waals surface area contributed by atoms with Crippen LogP contribution in [-0.2, 0) is 55.8 Å². The maximum absolute atomic E-state index is 12.9. The highest BCUT2D eigenvalue weighted by molar-refractivity contribution is 7.47. The average Bonchev–Trinajstić information content (AvgIpc) is 2.24. The SMILES string of the molecule is CC/C=C\C/C=C\C/C=C\C/C=C\C/C=C\CCCCCCCCCCCC(=O)OCC(O)COP(=O)(O)OCC(O)COP(=O)(O)OCC(COC(=O)CCCCC/C=C\C/C=C\C/C=C\C/C=C\C/C=C\CC)OC(=O)CCCCCCC/C=C\CCCCCCCC. The number of carbonyl (C=O) groups is 3. The second kappa shape index (κ2) is 69.6. The Morgan fingerprint density at radius 3 is 0.905 bits per heavy atom. The molecule has 0 aromatic heterocycles. The van der Waals surface area contributed by atoms with Crippen LogP contribution in [0.25, 0.3) is 0 Å². The number of carbonyl (C=O) groups excluding carboxylic acids is 3. The molecule has 0 spiro atoms. The molecule has 0 saturated heterocycles. The van der Waals surface area contributed by atoms with Gasteiger partial charge in [-0.2, -0.15) is 0 Å². The molecular formula is C77H130O16P2. The molecule has 0 saturated carbocycles. The van der Waals surface area contributed by atoms with Crippen LogP contribution in [0.5, 0.6) is 0 Å². The van der Waals surface area contributed by atoms with Crippen LogP contribution < -0.4 is 0 Å². The minimum absolute atomic E-state index is 0.0842. The highest BCUT2D eigenvalue weighted by Gasteiger charge is 2.29. The second-order valence-electron chi connectivity index (χ2n) is 24.0. The van der Waals surface area contributed by atoms with Crippen molar-refractivity contribution in [1.29, 1.82) is 0 Å². The molecule has 0 aliphatic rings. The molecule has 5 atom stereocenters. The lowest BCUT2D eigenvalue weighted by atomic mass is 10.1. The fraction of sp³-hybridized carbons (Fsp3) is 0.675.